The summed E-state index contributed by atoms with van der Waals surface area (Å²) in [6, 6.07) is 5.95. The van der Waals surface area contributed by atoms with E-state index >= 15 is 0 Å². The topological polar surface area (TPSA) is 50.4 Å². The Morgan fingerprint density at radius 1 is 1.19 bits per heavy atom. The van der Waals surface area contributed by atoms with Crippen LogP contribution in [0.25, 0.3) is 0 Å². The van der Waals surface area contributed by atoms with Gasteiger partial charge in [-0.1, -0.05) is 6.42 Å². The minimum absolute atomic E-state index is 0.305. The second kappa shape index (κ2) is 8.60. The molecule has 1 aromatic heterocycles. The largest absolute Gasteiger partial charge is 0.462 e. The lowest BCUT2D eigenvalue weighted by molar-refractivity contribution is 0.0527. The number of benzene rings is 1. The van der Waals surface area contributed by atoms with E-state index < -0.39 is 0 Å². The van der Waals surface area contributed by atoms with Crippen LogP contribution in [0.4, 0.5) is 15.1 Å². The fraction of sp³-hybridized carbons (Fsp3) is 0.368. The summed E-state index contributed by atoms with van der Waals surface area (Å²) in [5, 5.41) is 7.23. The molecule has 0 radical (unpaired) electrons. The molecule has 7 heteroatoms. The molecule has 4 nitrogen and oxygen atoms in total. The molecule has 0 atom stereocenters. The summed E-state index contributed by atoms with van der Waals surface area (Å²) in [5.41, 5.74) is 2.38. The molecule has 1 heterocycles. The Hall–Kier alpha value is -1.99. The first kappa shape index (κ1) is 18.8. The lowest BCUT2D eigenvalue weighted by atomic mass is 10.1. The molecule has 1 aromatic carbocycles. The average molecular weight is 393 g/mol. The standard InChI is InChI=1S/C19H21FN2O2S2/c1-2-24-18(23)16-14-6-4-3-5-7-15(14)26-17(16)22-19(25)21-13-10-8-12(20)9-11-13/h8-11H,2-7H2,1H3,(H2,21,22,25). The van der Waals surface area contributed by atoms with Gasteiger partial charge in [0, 0.05) is 10.6 Å². The first-order valence-corrected chi connectivity index (χ1v) is 9.96. The van der Waals surface area contributed by atoms with Crippen LogP contribution < -0.4 is 10.6 Å². The van der Waals surface area contributed by atoms with Gasteiger partial charge in [-0.2, -0.15) is 0 Å². The van der Waals surface area contributed by atoms with Gasteiger partial charge in [-0.3, -0.25) is 0 Å². The van der Waals surface area contributed by atoms with Gasteiger partial charge < -0.3 is 15.4 Å². The fourth-order valence-corrected chi connectivity index (χ4v) is 4.61. The molecule has 2 N–H and O–H groups in total. The zero-order valence-corrected chi connectivity index (χ0v) is 16.2. The summed E-state index contributed by atoms with van der Waals surface area (Å²) >= 11 is 6.94. The number of aryl methyl sites for hydroxylation is 1. The van der Waals surface area contributed by atoms with Crippen molar-refractivity contribution in [2.24, 2.45) is 0 Å². The van der Waals surface area contributed by atoms with Gasteiger partial charge in [-0.05, 0) is 74.7 Å². The quantitative estimate of drug-likeness (QED) is 0.429. The van der Waals surface area contributed by atoms with Crippen molar-refractivity contribution < 1.29 is 13.9 Å². The van der Waals surface area contributed by atoms with Crippen LogP contribution in [-0.2, 0) is 17.6 Å². The molecule has 138 valence electrons. The molecule has 0 saturated carbocycles. The number of carbonyl (C=O) groups is 1. The van der Waals surface area contributed by atoms with Crippen LogP contribution in [0.3, 0.4) is 0 Å². The van der Waals surface area contributed by atoms with E-state index in [4.69, 9.17) is 17.0 Å². The van der Waals surface area contributed by atoms with E-state index in [-0.39, 0.29) is 11.8 Å². The minimum Gasteiger partial charge on any atom is -0.462 e. The van der Waals surface area contributed by atoms with Crippen LogP contribution >= 0.6 is 23.6 Å². The zero-order valence-electron chi connectivity index (χ0n) is 14.6. The smallest absolute Gasteiger partial charge is 0.341 e. The highest BCUT2D eigenvalue weighted by Gasteiger charge is 2.26. The average Bonchev–Trinajstić information content (AvgIpc) is 2.78. The van der Waals surface area contributed by atoms with Crippen molar-refractivity contribution in [1.82, 2.24) is 0 Å². The lowest BCUT2D eigenvalue weighted by Crippen LogP contribution is -2.20. The third kappa shape index (κ3) is 4.40. The van der Waals surface area contributed by atoms with E-state index in [1.54, 1.807) is 30.4 Å². The Kier molecular flexibility index (Phi) is 6.21. The van der Waals surface area contributed by atoms with Crippen molar-refractivity contribution in [2.45, 2.75) is 39.0 Å². The third-order valence-corrected chi connectivity index (χ3v) is 5.64. The molecule has 0 bridgehead atoms. The Morgan fingerprint density at radius 2 is 1.92 bits per heavy atom. The lowest BCUT2D eigenvalue weighted by Gasteiger charge is -2.11. The summed E-state index contributed by atoms with van der Waals surface area (Å²) in [6.45, 7) is 2.14. The van der Waals surface area contributed by atoms with Gasteiger partial charge in [0.25, 0.3) is 0 Å². The number of thiocarbonyl (C=S) groups is 1. The molecule has 0 fully saturated rings. The highest BCUT2D eigenvalue weighted by Crippen LogP contribution is 2.38. The number of esters is 1. The molecule has 0 aliphatic heterocycles. The molecule has 3 rings (SSSR count). The van der Waals surface area contributed by atoms with Crippen molar-refractivity contribution in [3.63, 3.8) is 0 Å². The molecule has 1 aliphatic carbocycles. The Balaban J connectivity index is 1.82. The highest BCUT2D eigenvalue weighted by molar-refractivity contribution is 7.80. The third-order valence-electron chi connectivity index (χ3n) is 4.23. The van der Waals surface area contributed by atoms with Crippen molar-refractivity contribution in [3.05, 3.63) is 46.1 Å². The molecule has 0 unspecified atom stereocenters. The first-order chi connectivity index (χ1) is 12.6. The van der Waals surface area contributed by atoms with Crippen LogP contribution in [-0.4, -0.2) is 17.7 Å². The first-order valence-electron chi connectivity index (χ1n) is 8.73. The molecular weight excluding hydrogens is 371 g/mol. The Labute approximate surface area is 161 Å². The summed E-state index contributed by atoms with van der Waals surface area (Å²) < 4.78 is 18.3. The molecule has 0 amide bonds. The predicted octanol–water partition coefficient (Wildman–Crippen LogP) is 5.14. The minimum atomic E-state index is -0.306. The van der Waals surface area contributed by atoms with Gasteiger partial charge in [0.15, 0.2) is 5.11 Å². The normalized spacial score (nSPS) is 13.5. The fourth-order valence-electron chi connectivity index (χ4n) is 3.05. The Bertz CT molecular complexity index is 803. The number of hydrogen-bond acceptors (Lipinski definition) is 4. The van der Waals surface area contributed by atoms with Gasteiger partial charge in [0.1, 0.15) is 10.8 Å². The van der Waals surface area contributed by atoms with E-state index in [2.05, 4.69) is 10.6 Å². The number of rotatable bonds is 4. The van der Waals surface area contributed by atoms with Crippen LogP contribution in [0.5, 0.6) is 0 Å². The second-order valence-electron chi connectivity index (χ2n) is 6.08. The SMILES string of the molecule is CCOC(=O)c1c(NC(=S)Nc2ccc(F)cc2)sc2c1CCCCC2. The number of carbonyl (C=O) groups excluding carboxylic acids is 1. The van der Waals surface area contributed by atoms with Crippen molar-refractivity contribution in [3.8, 4) is 0 Å². The van der Waals surface area contributed by atoms with Crippen LogP contribution in [0, 0.1) is 5.82 Å². The zero-order chi connectivity index (χ0) is 18.5. The van der Waals surface area contributed by atoms with E-state index in [9.17, 15) is 9.18 Å². The van der Waals surface area contributed by atoms with Crippen molar-refractivity contribution in [2.75, 3.05) is 17.2 Å². The van der Waals surface area contributed by atoms with Crippen molar-refractivity contribution >= 4 is 45.3 Å². The van der Waals surface area contributed by atoms with E-state index in [1.807, 2.05) is 0 Å². The molecule has 0 spiro atoms. The highest BCUT2D eigenvalue weighted by atomic mass is 32.1. The number of nitrogens with one attached hydrogen (secondary N) is 2. The summed E-state index contributed by atoms with van der Waals surface area (Å²) in [6.07, 6.45) is 5.25. The van der Waals surface area contributed by atoms with E-state index in [1.165, 1.54) is 23.4 Å². The number of hydrogen-bond donors (Lipinski definition) is 2. The molecular formula is C19H21FN2O2S2. The number of ether oxygens (including phenoxy) is 1. The van der Waals surface area contributed by atoms with Crippen LogP contribution in [0.15, 0.2) is 24.3 Å². The van der Waals surface area contributed by atoms with Gasteiger partial charge in [-0.25, -0.2) is 9.18 Å². The number of thiophene rings is 1. The van der Waals surface area contributed by atoms with Crippen LogP contribution in [0.1, 0.15) is 47.0 Å². The predicted molar refractivity (Wildman–Crippen MR) is 108 cm³/mol. The summed E-state index contributed by atoms with van der Waals surface area (Å²) in [4.78, 5) is 13.8. The number of fused-ring (bicyclic) bond motifs is 1. The monoisotopic (exact) mass is 392 g/mol. The summed E-state index contributed by atoms with van der Waals surface area (Å²) in [5.74, 6) is -0.611. The molecule has 26 heavy (non-hydrogen) atoms. The number of halogens is 1. The maximum Gasteiger partial charge on any atom is 0.341 e. The number of anilines is 2. The molecule has 0 saturated heterocycles. The van der Waals surface area contributed by atoms with Gasteiger partial charge in [0.2, 0.25) is 0 Å². The molecule has 2 aromatic rings. The van der Waals surface area contributed by atoms with Gasteiger partial charge >= 0.3 is 5.97 Å². The van der Waals surface area contributed by atoms with Crippen LogP contribution in [0.2, 0.25) is 0 Å². The maximum absolute atomic E-state index is 13.0. The summed E-state index contributed by atoms with van der Waals surface area (Å²) in [7, 11) is 0. The van der Waals surface area contributed by atoms with Gasteiger partial charge in [0.05, 0.1) is 12.2 Å². The maximum atomic E-state index is 13.0. The Morgan fingerprint density at radius 3 is 2.65 bits per heavy atom. The van der Waals surface area contributed by atoms with Crippen molar-refractivity contribution in [1.29, 1.82) is 0 Å². The van der Waals surface area contributed by atoms with E-state index in [0.717, 1.165) is 36.2 Å². The van der Waals surface area contributed by atoms with Gasteiger partial charge in [-0.15, -0.1) is 11.3 Å². The second-order valence-corrected chi connectivity index (χ2v) is 7.59. The molecule has 1 aliphatic rings. The van der Waals surface area contributed by atoms with E-state index in [0.29, 0.717) is 23.0 Å².